The standard InChI is InChI=1S/C15H16FN3O4S/c1-10(20)19-8-4-7-13(19)14-17-18-15(23-14)24(21,22)9-11-5-2-3-6-12(11)16/h2-3,5-6,13H,4,7-9H2,1H3/t13-/m0/s1. The summed E-state index contributed by atoms with van der Waals surface area (Å²) in [6, 6.07) is 5.20. The Labute approximate surface area is 138 Å². The van der Waals surface area contributed by atoms with E-state index in [-0.39, 0.29) is 17.4 Å². The van der Waals surface area contributed by atoms with Crippen molar-refractivity contribution >= 4 is 15.7 Å². The van der Waals surface area contributed by atoms with Crippen LogP contribution in [0.4, 0.5) is 4.39 Å². The van der Waals surface area contributed by atoms with Crippen LogP contribution in [0.5, 0.6) is 0 Å². The van der Waals surface area contributed by atoms with Gasteiger partial charge in [-0.25, -0.2) is 12.8 Å². The Morgan fingerprint density at radius 1 is 1.38 bits per heavy atom. The molecule has 1 fully saturated rings. The fraction of sp³-hybridized carbons (Fsp3) is 0.400. The van der Waals surface area contributed by atoms with Gasteiger partial charge >= 0.3 is 5.22 Å². The first kappa shape index (κ1) is 16.6. The smallest absolute Gasteiger partial charge is 0.335 e. The summed E-state index contributed by atoms with van der Waals surface area (Å²) in [6.07, 6.45) is 1.42. The van der Waals surface area contributed by atoms with E-state index < -0.39 is 32.7 Å². The molecular weight excluding hydrogens is 337 g/mol. The van der Waals surface area contributed by atoms with Crippen LogP contribution in [0, 0.1) is 5.82 Å². The molecule has 0 saturated carbocycles. The van der Waals surface area contributed by atoms with Gasteiger partial charge in [0.25, 0.3) is 0 Å². The number of sulfone groups is 1. The van der Waals surface area contributed by atoms with Gasteiger partial charge in [0.1, 0.15) is 11.9 Å². The van der Waals surface area contributed by atoms with Gasteiger partial charge in [0.15, 0.2) is 0 Å². The molecule has 0 N–H and O–H groups in total. The Bertz CT molecular complexity index is 865. The van der Waals surface area contributed by atoms with Crippen molar-refractivity contribution in [3.05, 3.63) is 41.5 Å². The first-order chi connectivity index (χ1) is 11.4. The van der Waals surface area contributed by atoms with Crippen LogP contribution in [0.2, 0.25) is 0 Å². The molecule has 0 radical (unpaired) electrons. The number of nitrogens with zero attached hydrogens (tertiary/aromatic N) is 3. The summed E-state index contributed by atoms with van der Waals surface area (Å²) in [5.74, 6) is -1.22. The molecule has 1 amide bonds. The van der Waals surface area contributed by atoms with Gasteiger partial charge in [0.05, 0.1) is 5.75 Å². The lowest BCUT2D eigenvalue weighted by Crippen LogP contribution is -2.28. The maximum Gasteiger partial charge on any atom is 0.335 e. The SMILES string of the molecule is CC(=O)N1CCC[C@H]1c1nnc(S(=O)(=O)Cc2ccccc2F)o1. The zero-order valence-corrected chi connectivity index (χ0v) is 13.8. The maximum absolute atomic E-state index is 13.7. The minimum absolute atomic E-state index is 0.0310. The molecule has 128 valence electrons. The number of hydrogen-bond donors (Lipinski definition) is 0. The van der Waals surface area contributed by atoms with Gasteiger partial charge in [-0.2, -0.15) is 0 Å². The second kappa shape index (κ2) is 6.31. The van der Waals surface area contributed by atoms with Crippen LogP contribution in [0.3, 0.4) is 0 Å². The number of rotatable bonds is 4. The van der Waals surface area contributed by atoms with Crippen molar-refractivity contribution in [2.45, 2.75) is 36.8 Å². The van der Waals surface area contributed by atoms with Crippen molar-refractivity contribution in [1.29, 1.82) is 0 Å². The number of benzene rings is 1. The zero-order valence-electron chi connectivity index (χ0n) is 13.0. The van der Waals surface area contributed by atoms with Crippen LogP contribution < -0.4 is 0 Å². The molecule has 7 nitrogen and oxygen atoms in total. The lowest BCUT2D eigenvalue weighted by atomic mass is 10.2. The van der Waals surface area contributed by atoms with Crippen molar-refractivity contribution in [2.24, 2.45) is 0 Å². The number of aromatic nitrogens is 2. The Morgan fingerprint density at radius 3 is 2.83 bits per heavy atom. The molecule has 24 heavy (non-hydrogen) atoms. The number of carbonyl (C=O) groups is 1. The van der Waals surface area contributed by atoms with Gasteiger partial charge in [-0.15, -0.1) is 5.10 Å². The third-order valence-electron chi connectivity index (χ3n) is 3.93. The first-order valence-electron chi connectivity index (χ1n) is 7.45. The molecule has 9 heteroatoms. The quantitative estimate of drug-likeness (QED) is 0.833. The van der Waals surface area contributed by atoms with Crippen molar-refractivity contribution < 1.29 is 22.0 Å². The van der Waals surface area contributed by atoms with Gasteiger partial charge < -0.3 is 9.32 Å². The molecule has 1 aliphatic heterocycles. The minimum Gasteiger partial charge on any atom is -0.410 e. The number of likely N-dealkylation sites (tertiary alicyclic amines) is 1. The summed E-state index contributed by atoms with van der Waals surface area (Å²) < 4.78 is 43.7. The summed E-state index contributed by atoms with van der Waals surface area (Å²) >= 11 is 0. The number of halogens is 1. The molecule has 0 unspecified atom stereocenters. The van der Waals surface area contributed by atoms with E-state index in [4.69, 9.17) is 4.42 Å². The topological polar surface area (TPSA) is 93.4 Å². The van der Waals surface area contributed by atoms with Gasteiger partial charge in [0, 0.05) is 19.0 Å². The summed E-state index contributed by atoms with van der Waals surface area (Å²) in [5, 5.41) is 6.81. The van der Waals surface area contributed by atoms with Crippen molar-refractivity contribution in [1.82, 2.24) is 15.1 Å². The molecule has 1 atom stereocenters. The minimum atomic E-state index is -3.97. The maximum atomic E-state index is 13.7. The van der Waals surface area contributed by atoms with Crippen LogP contribution in [0.25, 0.3) is 0 Å². The summed E-state index contributed by atoms with van der Waals surface area (Å²) in [7, 11) is -3.97. The van der Waals surface area contributed by atoms with Crippen molar-refractivity contribution in [2.75, 3.05) is 6.54 Å². The molecule has 1 aromatic heterocycles. The number of amides is 1. The van der Waals surface area contributed by atoms with Crippen molar-refractivity contribution in [3.63, 3.8) is 0 Å². The Morgan fingerprint density at radius 2 is 2.12 bits per heavy atom. The van der Waals surface area contributed by atoms with E-state index in [0.29, 0.717) is 13.0 Å². The first-order valence-corrected chi connectivity index (χ1v) is 9.10. The van der Waals surface area contributed by atoms with E-state index in [1.54, 1.807) is 11.0 Å². The Hall–Kier alpha value is -2.29. The number of hydrogen-bond acceptors (Lipinski definition) is 6. The Kier molecular flexibility index (Phi) is 4.35. The van der Waals surface area contributed by atoms with Crippen LogP contribution in [-0.4, -0.2) is 36.0 Å². The fourth-order valence-electron chi connectivity index (χ4n) is 2.76. The van der Waals surface area contributed by atoms with Gasteiger partial charge in [-0.1, -0.05) is 23.3 Å². The van der Waals surface area contributed by atoms with E-state index in [2.05, 4.69) is 10.2 Å². The van der Waals surface area contributed by atoms with E-state index in [1.165, 1.54) is 25.1 Å². The van der Waals surface area contributed by atoms with Gasteiger partial charge in [-0.05, 0) is 18.9 Å². The van der Waals surface area contributed by atoms with E-state index >= 15 is 0 Å². The highest BCUT2D eigenvalue weighted by Crippen LogP contribution is 2.32. The highest BCUT2D eigenvalue weighted by atomic mass is 32.2. The van der Waals surface area contributed by atoms with Crippen LogP contribution in [0.1, 0.15) is 37.3 Å². The van der Waals surface area contributed by atoms with E-state index in [0.717, 1.165) is 6.42 Å². The molecule has 1 aliphatic rings. The third-order valence-corrected chi connectivity index (χ3v) is 5.32. The molecule has 0 spiro atoms. The van der Waals surface area contributed by atoms with Crippen LogP contribution in [-0.2, 0) is 20.4 Å². The molecule has 1 aromatic carbocycles. The van der Waals surface area contributed by atoms with Crippen molar-refractivity contribution in [3.8, 4) is 0 Å². The average molecular weight is 353 g/mol. The summed E-state index contributed by atoms with van der Waals surface area (Å²) in [5.41, 5.74) is 0.0310. The second-order valence-corrected chi connectivity index (χ2v) is 7.49. The average Bonchev–Trinajstić information content (AvgIpc) is 3.17. The molecule has 0 aliphatic carbocycles. The molecule has 3 rings (SSSR count). The monoisotopic (exact) mass is 353 g/mol. The largest absolute Gasteiger partial charge is 0.410 e. The van der Waals surface area contributed by atoms with E-state index in [1.807, 2.05) is 0 Å². The normalized spacial score (nSPS) is 18.1. The predicted octanol–water partition coefficient (Wildman–Crippen LogP) is 1.87. The van der Waals surface area contributed by atoms with Crippen LogP contribution in [0.15, 0.2) is 33.9 Å². The molecule has 2 heterocycles. The van der Waals surface area contributed by atoms with Crippen LogP contribution >= 0.6 is 0 Å². The second-order valence-electron chi connectivity index (χ2n) is 5.63. The number of carbonyl (C=O) groups excluding carboxylic acids is 1. The predicted molar refractivity (Wildman–Crippen MR) is 80.9 cm³/mol. The third kappa shape index (κ3) is 3.16. The lowest BCUT2D eigenvalue weighted by molar-refractivity contribution is -0.130. The zero-order chi connectivity index (χ0) is 17.3. The fourth-order valence-corrected chi connectivity index (χ4v) is 3.91. The molecule has 0 bridgehead atoms. The summed E-state index contributed by atoms with van der Waals surface area (Å²) in [4.78, 5) is 13.2. The van der Waals surface area contributed by atoms with Gasteiger partial charge in [-0.3, -0.25) is 4.79 Å². The highest BCUT2D eigenvalue weighted by molar-refractivity contribution is 7.90. The highest BCUT2D eigenvalue weighted by Gasteiger charge is 2.34. The molecular formula is C15H16FN3O4S. The lowest BCUT2D eigenvalue weighted by Gasteiger charge is -2.19. The van der Waals surface area contributed by atoms with Gasteiger partial charge in [0.2, 0.25) is 21.6 Å². The Balaban J connectivity index is 1.84. The molecule has 1 saturated heterocycles. The summed E-state index contributed by atoms with van der Waals surface area (Å²) in [6.45, 7) is 2.00. The van der Waals surface area contributed by atoms with E-state index in [9.17, 15) is 17.6 Å². The molecule has 2 aromatic rings.